The molecule has 0 rings (SSSR count). The summed E-state index contributed by atoms with van der Waals surface area (Å²) in [6.07, 6.45) is 51.5. The maximum Gasteiger partial charge on any atom is 0.472 e. The Balaban J connectivity index is 5.18. The zero-order chi connectivity index (χ0) is 66.3. The molecule has 0 heterocycles. The van der Waals surface area contributed by atoms with Crippen LogP contribution in [0.2, 0.25) is 0 Å². The van der Waals surface area contributed by atoms with Crippen LogP contribution < -0.4 is 0 Å². The molecule has 0 amide bonds. The summed E-state index contributed by atoms with van der Waals surface area (Å²) in [5.74, 6) is -1.41. The second kappa shape index (κ2) is 64.4. The van der Waals surface area contributed by atoms with Gasteiger partial charge in [0, 0.05) is 25.7 Å². The smallest absolute Gasteiger partial charge is 0.462 e. The predicted molar refractivity (Wildman–Crippen MR) is 363 cm³/mol. The number of phosphoric acid groups is 2. The average molecular weight is 1330 g/mol. The lowest BCUT2D eigenvalue weighted by molar-refractivity contribution is -0.161. The number of carbonyl (C=O) groups is 4. The largest absolute Gasteiger partial charge is 0.472 e. The van der Waals surface area contributed by atoms with E-state index in [0.29, 0.717) is 25.7 Å². The second-order valence-electron chi connectivity index (χ2n) is 26.1. The third-order valence-corrected chi connectivity index (χ3v) is 18.4. The van der Waals surface area contributed by atoms with Crippen molar-refractivity contribution in [2.24, 2.45) is 5.92 Å². The van der Waals surface area contributed by atoms with Crippen LogP contribution in [0, 0.1) is 5.92 Å². The lowest BCUT2D eigenvalue weighted by Crippen LogP contribution is -2.30. The number of aliphatic hydroxyl groups excluding tert-OH is 1. The van der Waals surface area contributed by atoms with E-state index in [1.165, 1.54) is 186 Å². The number of ether oxygens (including phenoxy) is 4. The topological polar surface area (TPSA) is 237 Å². The molecule has 5 atom stereocenters. The Bertz CT molecular complexity index is 1740. The molecule has 0 saturated carbocycles. The first kappa shape index (κ1) is 88.1. The molecule has 0 aromatic rings. The molecule has 0 aromatic heterocycles. The van der Waals surface area contributed by atoms with Gasteiger partial charge in [-0.1, -0.05) is 317 Å². The van der Waals surface area contributed by atoms with E-state index in [1.807, 2.05) is 0 Å². The van der Waals surface area contributed by atoms with Gasteiger partial charge in [-0.05, 0) is 31.6 Å². The number of esters is 4. The molecular weight excluding hydrogens is 1190 g/mol. The molecule has 2 unspecified atom stereocenters. The normalized spacial score (nSPS) is 14.1. The molecule has 0 spiro atoms. The van der Waals surface area contributed by atoms with Gasteiger partial charge in [0.25, 0.3) is 0 Å². The number of phosphoric ester groups is 2. The Kier molecular flexibility index (Phi) is 63.0. The third-order valence-electron chi connectivity index (χ3n) is 16.5. The maximum atomic E-state index is 13.0. The molecule has 0 radical (unpaired) electrons. The minimum atomic E-state index is -4.95. The molecule has 0 aliphatic heterocycles. The van der Waals surface area contributed by atoms with Crippen LogP contribution in [0.5, 0.6) is 0 Å². The molecule has 0 saturated heterocycles. The molecule has 0 fully saturated rings. The Morgan fingerprint density at radius 2 is 0.511 bits per heavy atom. The van der Waals surface area contributed by atoms with E-state index in [2.05, 4.69) is 34.6 Å². The summed E-state index contributed by atoms with van der Waals surface area (Å²) in [6.45, 7) is 7.18. The number of aliphatic hydroxyl groups is 1. The number of hydrogen-bond donors (Lipinski definition) is 3. The van der Waals surface area contributed by atoms with E-state index in [-0.39, 0.29) is 25.7 Å². The minimum absolute atomic E-state index is 0.105. The van der Waals surface area contributed by atoms with Crippen molar-refractivity contribution in [3.8, 4) is 0 Å². The first-order chi connectivity index (χ1) is 43.5. The second-order valence-corrected chi connectivity index (χ2v) is 29.0. The lowest BCUT2D eigenvalue weighted by atomic mass is 10.0. The number of hydrogen-bond acceptors (Lipinski definition) is 15. The van der Waals surface area contributed by atoms with Crippen LogP contribution in [-0.4, -0.2) is 96.7 Å². The first-order valence-corrected chi connectivity index (χ1v) is 40.1. The number of unbranched alkanes of at least 4 members (excludes halogenated alkanes) is 43. The molecule has 0 aliphatic carbocycles. The van der Waals surface area contributed by atoms with Crippen molar-refractivity contribution in [1.29, 1.82) is 0 Å². The van der Waals surface area contributed by atoms with Gasteiger partial charge in [0.05, 0.1) is 26.4 Å². The highest BCUT2D eigenvalue weighted by Crippen LogP contribution is 2.45. The highest BCUT2D eigenvalue weighted by atomic mass is 31.2. The minimum Gasteiger partial charge on any atom is -0.462 e. The van der Waals surface area contributed by atoms with Crippen LogP contribution in [0.1, 0.15) is 369 Å². The molecule has 90 heavy (non-hydrogen) atoms. The summed E-state index contributed by atoms with van der Waals surface area (Å²) < 4.78 is 68.2. The van der Waals surface area contributed by atoms with E-state index in [1.54, 1.807) is 0 Å². The molecule has 534 valence electrons. The summed E-state index contributed by atoms with van der Waals surface area (Å²) in [4.78, 5) is 72.5. The third kappa shape index (κ3) is 64.8. The van der Waals surface area contributed by atoms with Crippen LogP contribution in [-0.2, 0) is 65.4 Å². The van der Waals surface area contributed by atoms with Crippen molar-refractivity contribution in [1.82, 2.24) is 0 Å². The molecular formula is C71H138O17P2. The maximum absolute atomic E-state index is 13.0. The Morgan fingerprint density at radius 3 is 0.756 bits per heavy atom. The summed E-state index contributed by atoms with van der Waals surface area (Å²) in [7, 11) is -9.90. The van der Waals surface area contributed by atoms with E-state index in [9.17, 15) is 43.2 Å². The highest BCUT2D eigenvalue weighted by molar-refractivity contribution is 7.47. The molecule has 17 nitrogen and oxygen atoms in total. The van der Waals surface area contributed by atoms with Crippen molar-refractivity contribution >= 4 is 39.5 Å². The molecule has 19 heteroatoms. The van der Waals surface area contributed by atoms with Crippen LogP contribution in [0.25, 0.3) is 0 Å². The zero-order valence-corrected chi connectivity index (χ0v) is 60.1. The van der Waals surface area contributed by atoms with E-state index >= 15 is 0 Å². The summed E-state index contributed by atoms with van der Waals surface area (Å²) in [5.41, 5.74) is 0. The Labute approximate surface area is 549 Å². The van der Waals surface area contributed by atoms with Gasteiger partial charge in [-0.2, -0.15) is 0 Å². The van der Waals surface area contributed by atoms with Crippen molar-refractivity contribution < 1.29 is 80.2 Å². The average Bonchev–Trinajstić information content (AvgIpc) is 2.87. The van der Waals surface area contributed by atoms with Gasteiger partial charge in [-0.25, -0.2) is 9.13 Å². The van der Waals surface area contributed by atoms with E-state index in [4.69, 9.17) is 37.0 Å². The fourth-order valence-electron chi connectivity index (χ4n) is 10.8. The number of carbonyl (C=O) groups excluding carboxylic acids is 4. The molecule has 0 bridgehead atoms. The van der Waals surface area contributed by atoms with Crippen molar-refractivity contribution in [3.63, 3.8) is 0 Å². The summed E-state index contributed by atoms with van der Waals surface area (Å²) in [5, 5.41) is 10.6. The van der Waals surface area contributed by atoms with Gasteiger partial charge >= 0.3 is 39.5 Å². The van der Waals surface area contributed by atoms with Gasteiger partial charge in [0.1, 0.15) is 19.3 Å². The van der Waals surface area contributed by atoms with Crippen LogP contribution >= 0.6 is 15.6 Å². The van der Waals surface area contributed by atoms with Gasteiger partial charge in [0.2, 0.25) is 0 Å². The molecule has 0 aliphatic rings. The van der Waals surface area contributed by atoms with Gasteiger partial charge < -0.3 is 33.8 Å². The van der Waals surface area contributed by atoms with Gasteiger partial charge in [-0.15, -0.1) is 0 Å². The van der Waals surface area contributed by atoms with Gasteiger partial charge in [0.15, 0.2) is 12.2 Å². The van der Waals surface area contributed by atoms with Crippen LogP contribution in [0.4, 0.5) is 0 Å². The number of rotatable bonds is 71. The zero-order valence-electron chi connectivity index (χ0n) is 58.3. The van der Waals surface area contributed by atoms with Crippen molar-refractivity contribution in [3.05, 3.63) is 0 Å². The van der Waals surface area contributed by atoms with Crippen molar-refractivity contribution in [2.75, 3.05) is 39.6 Å². The van der Waals surface area contributed by atoms with E-state index in [0.717, 1.165) is 102 Å². The fraction of sp³-hybridized carbons (Fsp3) is 0.944. The molecule has 3 N–H and O–H groups in total. The SMILES string of the molecule is CCCCCCCCCCCCCCCCCCCCCC(=O)O[C@H](COC(=O)CCCCCCCCCCCCCC)COP(=O)(O)OC[C@@H](O)COP(=O)(O)OC[C@@H](COC(=O)CCCCCCCCCC)OC(=O)CCCCCCCCCCC(C)C. The van der Waals surface area contributed by atoms with Gasteiger partial charge in [-0.3, -0.25) is 37.3 Å². The van der Waals surface area contributed by atoms with Crippen LogP contribution in [0.3, 0.4) is 0 Å². The molecule has 0 aromatic carbocycles. The van der Waals surface area contributed by atoms with Crippen LogP contribution in [0.15, 0.2) is 0 Å². The monoisotopic (exact) mass is 1320 g/mol. The fourth-order valence-corrected chi connectivity index (χ4v) is 12.4. The van der Waals surface area contributed by atoms with E-state index < -0.39 is 97.5 Å². The Morgan fingerprint density at radius 1 is 0.300 bits per heavy atom. The van der Waals surface area contributed by atoms with Crippen molar-refractivity contribution in [2.45, 2.75) is 387 Å². The highest BCUT2D eigenvalue weighted by Gasteiger charge is 2.30. The summed E-state index contributed by atoms with van der Waals surface area (Å²) in [6, 6.07) is 0. The lowest BCUT2D eigenvalue weighted by Gasteiger charge is -2.21. The summed E-state index contributed by atoms with van der Waals surface area (Å²) >= 11 is 0. The quantitative estimate of drug-likeness (QED) is 0.0222. The standard InChI is InChI=1S/C71H138O17P2/c1-6-9-12-15-18-21-23-25-26-27-28-29-30-31-33-35-41-46-51-56-70(75)87-67(61-82-69(74)55-50-45-40-34-32-24-22-19-16-13-10-7-2)63-86-90(79,80)84-59-65(72)58-83-89(77,78)85-62-66(60-81-68(73)54-49-44-39-20-17-14-11-8-3)88-71(76)57-52-47-42-37-36-38-43-48-53-64(4)5/h64-67,72H,6-63H2,1-5H3,(H,77,78)(H,79,80)/t65-,66+,67+/m0/s1. The predicted octanol–water partition coefficient (Wildman–Crippen LogP) is 20.5. The first-order valence-electron chi connectivity index (χ1n) is 37.1. The Hall–Kier alpha value is -1.94.